The zero-order chi connectivity index (χ0) is 12.4. The molecule has 0 aliphatic carbocycles. The van der Waals surface area contributed by atoms with Gasteiger partial charge in [-0.1, -0.05) is 12.1 Å². The van der Waals surface area contributed by atoms with E-state index in [9.17, 15) is 13.2 Å². The molecule has 0 aliphatic rings. The van der Waals surface area contributed by atoms with Gasteiger partial charge in [0.25, 0.3) is 0 Å². The summed E-state index contributed by atoms with van der Waals surface area (Å²) in [5, 5.41) is 8.54. The second kappa shape index (κ2) is 4.30. The van der Waals surface area contributed by atoms with Crippen molar-refractivity contribution in [2.75, 3.05) is 0 Å². The Morgan fingerprint density at radius 2 is 1.71 bits per heavy atom. The normalized spacial score (nSPS) is 10.0. The third-order valence-corrected chi connectivity index (χ3v) is 2.25. The molecule has 83 valence electrons. The molecule has 0 aromatic heterocycles. The molecule has 2 rings (SSSR count). The lowest BCUT2D eigenvalue weighted by Crippen LogP contribution is -1.94. The lowest BCUT2D eigenvalue weighted by molar-refractivity contribution is 0.581. The smallest absolute Gasteiger partial charge is 0.135 e. The lowest BCUT2D eigenvalue weighted by Gasteiger charge is -2.06. The average molecular weight is 232 g/mol. The first kappa shape index (κ1) is 11.2. The van der Waals surface area contributed by atoms with Crippen molar-refractivity contribution in [3.8, 4) is 17.2 Å². The van der Waals surface area contributed by atoms with E-state index in [1.54, 1.807) is 6.07 Å². The fraction of sp³-hybridized carbons (Fsp3) is 0. The average Bonchev–Trinajstić information content (AvgIpc) is 2.30. The minimum atomic E-state index is -0.966. The maximum Gasteiger partial charge on any atom is 0.135 e. The van der Waals surface area contributed by atoms with Gasteiger partial charge in [0, 0.05) is 5.56 Å². The number of nitriles is 1. The van der Waals surface area contributed by atoms with E-state index in [0.29, 0.717) is 0 Å². The van der Waals surface area contributed by atoms with Gasteiger partial charge in [0.2, 0.25) is 0 Å². The van der Waals surface area contributed by atoms with E-state index in [2.05, 4.69) is 6.07 Å². The minimum absolute atomic E-state index is 0.147. The highest BCUT2D eigenvalue weighted by Crippen LogP contribution is 2.28. The highest BCUT2D eigenvalue weighted by atomic mass is 19.1. The van der Waals surface area contributed by atoms with Crippen LogP contribution in [0.25, 0.3) is 11.1 Å². The molecule has 1 radical (unpaired) electrons. The summed E-state index contributed by atoms with van der Waals surface area (Å²) in [6.07, 6.45) is 0. The summed E-state index contributed by atoms with van der Waals surface area (Å²) in [7, 11) is 0. The Labute approximate surface area is 95.7 Å². The highest BCUT2D eigenvalue weighted by molar-refractivity contribution is 5.66. The minimum Gasteiger partial charge on any atom is -0.206 e. The number of benzene rings is 2. The van der Waals surface area contributed by atoms with Gasteiger partial charge in [0.15, 0.2) is 0 Å². The molecule has 0 saturated carbocycles. The molecular formula is C13H5F3N. The second-order valence-electron chi connectivity index (χ2n) is 3.33. The maximum atomic E-state index is 13.6. The fourth-order valence-corrected chi connectivity index (χ4v) is 1.51. The first-order valence-electron chi connectivity index (χ1n) is 4.68. The first-order valence-corrected chi connectivity index (χ1v) is 4.68. The van der Waals surface area contributed by atoms with Gasteiger partial charge in [0.1, 0.15) is 17.5 Å². The van der Waals surface area contributed by atoms with Crippen molar-refractivity contribution < 1.29 is 13.2 Å². The van der Waals surface area contributed by atoms with Gasteiger partial charge in [-0.25, -0.2) is 13.2 Å². The van der Waals surface area contributed by atoms with E-state index >= 15 is 0 Å². The van der Waals surface area contributed by atoms with Crippen LogP contribution < -0.4 is 0 Å². The Kier molecular flexibility index (Phi) is 2.84. The van der Waals surface area contributed by atoms with Crippen molar-refractivity contribution in [1.29, 1.82) is 5.26 Å². The summed E-state index contributed by atoms with van der Waals surface area (Å²) < 4.78 is 40.6. The third-order valence-electron chi connectivity index (χ3n) is 2.25. The molecule has 0 unspecified atom stereocenters. The van der Waals surface area contributed by atoms with Crippen LogP contribution >= 0.6 is 0 Å². The highest BCUT2D eigenvalue weighted by Gasteiger charge is 2.16. The molecule has 0 heterocycles. The van der Waals surface area contributed by atoms with Gasteiger partial charge in [-0.3, -0.25) is 0 Å². The van der Waals surface area contributed by atoms with Gasteiger partial charge >= 0.3 is 0 Å². The standard InChI is InChI=1S/C13H5F3N/c14-10-4-2-1-3-9(10)13-11(15)5-8(7-17)6-12(13)16/h1,3-6H. The monoisotopic (exact) mass is 232 g/mol. The Hall–Kier alpha value is -2.28. The second-order valence-corrected chi connectivity index (χ2v) is 3.33. The third kappa shape index (κ3) is 2.00. The Morgan fingerprint density at radius 1 is 1.06 bits per heavy atom. The summed E-state index contributed by atoms with van der Waals surface area (Å²) in [5.41, 5.74) is -0.814. The molecule has 4 heteroatoms. The van der Waals surface area contributed by atoms with Crippen molar-refractivity contribution in [2.45, 2.75) is 0 Å². The van der Waals surface area contributed by atoms with Gasteiger partial charge in [-0.2, -0.15) is 5.26 Å². The predicted octanol–water partition coefficient (Wildman–Crippen LogP) is 3.44. The fourth-order valence-electron chi connectivity index (χ4n) is 1.51. The molecule has 0 saturated heterocycles. The van der Waals surface area contributed by atoms with Crippen LogP contribution in [0, 0.1) is 34.8 Å². The van der Waals surface area contributed by atoms with Crippen LogP contribution in [0.5, 0.6) is 0 Å². The molecule has 17 heavy (non-hydrogen) atoms. The number of hydrogen-bond acceptors (Lipinski definition) is 1. The predicted molar refractivity (Wildman–Crippen MR) is 55.3 cm³/mol. The van der Waals surface area contributed by atoms with Gasteiger partial charge in [0.05, 0.1) is 17.2 Å². The number of halogens is 3. The Balaban J connectivity index is 2.70. The SMILES string of the molecule is N#Cc1cc(F)c(-c2cc[c]cc2F)c(F)c1. The largest absolute Gasteiger partial charge is 0.206 e. The van der Waals surface area contributed by atoms with E-state index in [-0.39, 0.29) is 11.1 Å². The van der Waals surface area contributed by atoms with Crippen LogP contribution in [0.4, 0.5) is 13.2 Å². The van der Waals surface area contributed by atoms with Crippen LogP contribution in [-0.2, 0) is 0 Å². The Morgan fingerprint density at radius 3 is 2.24 bits per heavy atom. The van der Waals surface area contributed by atoms with E-state index < -0.39 is 23.0 Å². The van der Waals surface area contributed by atoms with Crippen molar-refractivity contribution in [3.63, 3.8) is 0 Å². The van der Waals surface area contributed by atoms with E-state index in [1.165, 1.54) is 12.1 Å². The number of rotatable bonds is 1. The molecule has 0 spiro atoms. The number of nitrogens with zero attached hydrogens (tertiary/aromatic N) is 1. The molecule has 1 nitrogen and oxygen atoms in total. The molecule has 0 atom stereocenters. The van der Waals surface area contributed by atoms with E-state index in [0.717, 1.165) is 18.2 Å². The molecule has 0 aliphatic heterocycles. The van der Waals surface area contributed by atoms with Crippen LogP contribution in [0.2, 0.25) is 0 Å². The Bertz CT molecular complexity index is 591. The number of hydrogen-bond donors (Lipinski definition) is 0. The first-order chi connectivity index (χ1) is 8.13. The summed E-state index contributed by atoms with van der Waals surface area (Å²) in [4.78, 5) is 0. The van der Waals surface area contributed by atoms with Gasteiger partial charge < -0.3 is 0 Å². The molecule has 2 aromatic rings. The lowest BCUT2D eigenvalue weighted by atomic mass is 10.0. The molecule has 0 fully saturated rings. The van der Waals surface area contributed by atoms with Gasteiger partial charge in [-0.15, -0.1) is 0 Å². The van der Waals surface area contributed by atoms with E-state index in [4.69, 9.17) is 5.26 Å². The summed E-state index contributed by atoms with van der Waals surface area (Å²) in [6, 6.07) is 9.40. The van der Waals surface area contributed by atoms with Gasteiger partial charge in [-0.05, 0) is 24.3 Å². The molecule has 0 amide bonds. The van der Waals surface area contributed by atoms with E-state index in [1.807, 2.05) is 0 Å². The van der Waals surface area contributed by atoms with Crippen LogP contribution in [0.1, 0.15) is 5.56 Å². The quantitative estimate of drug-likeness (QED) is 0.738. The van der Waals surface area contributed by atoms with Crippen LogP contribution in [0.15, 0.2) is 30.3 Å². The molecule has 0 N–H and O–H groups in total. The molecular weight excluding hydrogens is 227 g/mol. The molecule has 0 bridgehead atoms. The molecule has 2 aromatic carbocycles. The van der Waals surface area contributed by atoms with Crippen molar-refractivity contribution in [2.24, 2.45) is 0 Å². The summed E-state index contributed by atoms with van der Waals surface area (Å²) >= 11 is 0. The maximum absolute atomic E-state index is 13.6. The van der Waals surface area contributed by atoms with Crippen molar-refractivity contribution in [1.82, 2.24) is 0 Å². The zero-order valence-corrected chi connectivity index (χ0v) is 8.47. The van der Waals surface area contributed by atoms with Crippen molar-refractivity contribution in [3.05, 3.63) is 59.4 Å². The summed E-state index contributed by atoms with van der Waals surface area (Å²) in [6.45, 7) is 0. The topological polar surface area (TPSA) is 23.8 Å². The van der Waals surface area contributed by atoms with Crippen LogP contribution in [-0.4, -0.2) is 0 Å². The van der Waals surface area contributed by atoms with Crippen LogP contribution in [0.3, 0.4) is 0 Å². The summed E-state index contributed by atoms with van der Waals surface area (Å²) in [5.74, 6) is -2.70. The van der Waals surface area contributed by atoms with Crippen molar-refractivity contribution >= 4 is 0 Å². The zero-order valence-electron chi connectivity index (χ0n) is 8.47.